The lowest BCUT2D eigenvalue weighted by atomic mass is 10.1. The zero-order valence-electron chi connectivity index (χ0n) is 9.20. The topological polar surface area (TPSA) is 38.0 Å². The number of hydrogen-bond acceptors (Lipinski definition) is 2. The van der Waals surface area contributed by atoms with Crippen LogP contribution in [0.4, 0.5) is 4.39 Å². The molecule has 0 saturated carbocycles. The molecule has 1 atom stereocenters. The number of benzene rings is 1. The van der Waals surface area contributed by atoms with Gasteiger partial charge in [0, 0.05) is 18.6 Å². The SMILES string of the molecule is NCC(NC1CC=CC1)c1cccc(F)c1. The van der Waals surface area contributed by atoms with E-state index in [2.05, 4.69) is 17.5 Å². The van der Waals surface area contributed by atoms with Gasteiger partial charge in [0.2, 0.25) is 0 Å². The first-order valence-corrected chi connectivity index (χ1v) is 5.66. The van der Waals surface area contributed by atoms with Crippen molar-refractivity contribution in [2.75, 3.05) is 6.54 Å². The Hall–Kier alpha value is -1.19. The van der Waals surface area contributed by atoms with Crippen molar-refractivity contribution in [3.05, 3.63) is 47.8 Å². The maximum absolute atomic E-state index is 13.1. The molecule has 0 amide bonds. The van der Waals surface area contributed by atoms with Gasteiger partial charge < -0.3 is 11.1 Å². The Balaban J connectivity index is 2.04. The van der Waals surface area contributed by atoms with Crippen molar-refractivity contribution in [3.8, 4) is 0 Å². The average Bonchev–Trinajstić information content (AvgIpc) is 2.78. The fraction of sp³-hybridized carbons (Fsp3) is 0.385. The summed E-state index contributed by atoms with van der Waals surface area (Å²) >= 11 is 0. The summed E-state index contributed by atoms with van der Waals surface area (Å²) in [5.74, 6) is -0.206. The van der Waals surface area contributed by atoms with E-state index < -0.39 is 0 Å². The standard InChI is InChI=1S/C13H17FN2/c14-11-5-3-4-10(8-11)13(9-15)16-12-6-1-2-7-12/h1-5,8,12-13,16H,6-7,9,15H2. The number of rotatable bonds is 4. The Morgan fingerprint density at radius 1 is 1.38 bits per heavy atom. The van der Waals surface area contributed by atoms with E-state index in [0.29, 0.717) is 12.6 Å². The molecule has 2 rings (SSSR count). The van der Waals surface area contributed by atoms with Crippen LogP contribution in [0.3, 0.4) is 0 Å². The third kappa shape index (κ3) is 2.68. The molecular weight excluding hydrogens is 203 g/mol. The molecule has 3 heteroatoms. The van der Waals surface area contributed by atoms with E-state index >= 15 is 0 Å². The molecular formula is C13H17FN2. The molecule has 0 radical (unpaired) electrons. The van der Waals surface area contributed by atoms with Crippen LogP contribution in [-0.2, 0) is 0 Å². The molecule has 86 valence electrons. The van der Waals surface area contributed by atoms with Gasteiger partial charge in [-0.05, 0) is 30.5 Å². The van der Waals surface area contributed by atoms with Crippen molar-refractivity contribution in [1.29, 1.82) is 0 Å². The van der Waals surface area contributed by atoms with E-state index in [1.54, 1.807) is 12.1 Å². The minimum atomic E-state index is -0.206. The molecule has 0 heterocycles. The fourth-order valence-corrected chi connectivity index (χ4v) is 2.06. The highest BCUT2D eigenvalue weighted by Crippen LogP contribution is 2.18. The molecule has 1 aliphatic rings. The van der Waals surface area contributed by atoms with Gasteiger partial charge in [0.15, 0.2) is 0 Å². The number of nitrogens with one attached hydrogen (secondary N) is 1. The van der Waals surface area contributed by atoms with Crippen LogP contribution in [0.25, 0.3) is 0 Å². The minimum absolute atomic E-state index is 0.0422. The number of nitrogens with two attached hydrogens (primary N) is 1. The third-order valence-electron chi connectivity index (χ3n) is 2.93. The fourth-order valence-electron chi connectivity index (χ4n) is 2.06. The minimum Gasteiger partial charge on any atom is -0.329 e. The van der Waals surface area contributed by atoms with E-state index in [1.165, 1.54) is 6.07 Å². The quantitative estimate of drug-likeness (QED) is 0.763. The van der Waals surface area contributed by atoms with E-state index in [0.717, 1.165) is 18.4 Å². The van der Waals surface area contributed by atoms with Crippen LogP contribution >= 0.6 is 0 Å². The zero-order valence-corrected chi connectivity index (χ0v) is 9.20. The molecule has 0 bridgehead atoms. The highest BCUT2D eigenvalue weighted by molar-refractivity contribution is 5.21. The molecule has 16 heavy (non-hydrogen) atoms. The smallest absolute Gasteiger partial charge is 0.123 e. The highest BCUT2D eigenvalue weighted by atomic mass is 19.1. The monoisotopic (exact) mass is 220 g/mol. The van der Waals surface area contributed by atoms with Crippen LogP contribution in [0.5, 0.6) is 0 Å². The van der Waals surface area contributed by atoms with Gasteiger partial charge in [-0.1, -0.05) is 24.3 Å². The van der Waals surface area contributed by atoms with Crippen molar-refractivity contribution in [2.45, 2.75) is 24.9 Å². The molecule has 0 aliphatic heterocycles. The van der Waals surface area contributed by atoms with Gasteiger partial charge in [-0.3, -0.25) is 0 Å². The average molecular weight is 220 g/mol. The summed E-state index contributed by atoms with van der Waals surface area (Å²) in [6.07, 6.45) is 6.39. The maximum Gasteiger partial charge on any atom is 0.123 e. The van der Waals surface area contributed by atoms with Crippen molar-refractivity contribution in [3.63, 3.8) is 0 Å². The van der Waals surface area contributed by atoms with E-state index in [4.69, 9.17) is 5.73 Å². The lowest BCUT2D eigenvalue weighted by molar-refractivity contribution is 0.451. The molecule has 0 spiro atoms. The highest BCUT2D eigenvalue weighted by Gasteiger charge is 2.16. The van der Waals surface area contributed by atoms with Crippen LogP contribution in [-0.4, -0.2) is 12.6 Å². The second-order valence-corrected chi connectivity index (χ2v) is 4.15. The molecule has 1 aromatic rings. The largest absolute Gasteiger partial charge is 0.329 e. The van der Waals surface area contributed by atoms with Crippen molar-refractivity contribution in [1.82, 2.24) is 5.32 Å². The van der Waals surface area contributed by atoms with Crippen LogP contribution in [0, 0.1) is 5.82 Å². The number of halogens is 1. The molecule has 1 aromatic carbocycles. The lowest BCUT2D eigenvalue weighted by Crippen LogP contribution is -2.35. The summed E-state index contributed by atoms with van der Waals surface area (Å²) in [4.78, 5) is 0. The Bertz CT molecular complexity index is 368. The van der Waals surface area contributed by atoms with Gasteiger partial charge in [-0.15, -0.1) is 0 Å². The predicted octanol–water partition coefficient (Wildman–Crippen LogP) is 2.13. The second-order valence-electron chi connectivity index (χ2n) is 4.15. The Morgan fingerprint density at radius 3 is 2.75 bits per heavy atom. The van der Waals surface area contributed by atoms with Gasteiger partial charge in [-0.25, -0.2) is 4.39 Å². The Labute approximate surface area is 95.3 Å². The molecule has 1 aliphatic carbocycles. The first-order chi connectivity index (χ1) is 7.79. The van der Waals surface area contributed by atoms with Gasteiger partial charge in [0.25, 0.3) is 0 Å². The lowest BCUT2D eigenvalue weighted by Gasteiger charge is -2.22. The van der Waals surface area contributed by atoms with Crippen molar-refractivity contribution in [2.24, 2.45) is 5.73 Å². The van der Waals surface area contributed by atoms with Crippen LogP contribution in [0.2, 0.25) is 0 Å². The van der Waals surface area contributed by atoms with Gasteiger partial charge >= 0.3 is 0 Å². The van der Waals surface area contributed by atoms with Gasteiger partial charge in [0.1, 0.15) is 5.82 Å². The molecule has 0 saturated heterocycles. The summed E-state index contributed by atoms with van der Waals surface area (Å²) in [6.45, 7) is 0.486. The first-order valence-electron chi connectivity index (χ1n) is 5.66. The summed E-state index contributed by atoms with van der Waals surface area (Å²) in [7, 11) is 0. The number of hydrogen-bond donors (Lipinski definition) is 2. The van der Waals surface area contributed by atoms with Crippen LogP contribution < -0.4 is 11.1 Å². The molecule has 3 N–H and O–H groups in total. The molecule has 0 aromatic heterocycles. The summed E-state index contributed by atoms with van der Waals surface area (Å²) in [5, 5.41) is 3.45. The summed E-state index contributed by atoms with van der Waals surface area (Å²) < 4.78 is 13.1. The zero-order chi connectivity index (χ0) is 11.4. The van der Waals surface area contributed by atoms with E-state index in [9.17, 15) is 4.39 Å². The van der Waals surface area contributed by atoms with Crippen molar-refractivity contribution < 1.29 is 4.39 Å². The predicted molar refractivity (Wildman–Crippen MR) is 63.5 cm³/mol. The van der Waals surface area contributed by atoms with E-state index in [1.807, 2.05) is 6.07 Å². The maximum atomic E-state index is 13.1. The third-order valence-corrected chi connectivity index (χ3v) is 2.93. The molecule has 1 unspecified atom stereocenters. The summed E-state index contributed by atoms with van der Waals surface area (Å²) in [5.41, 5.74) is 6.65. The molecule has 0 fully saturated rings. The Kier molecular flexibility index (Phi) is 3.70. The van der Waals surface area contributed by atoms with Crippen LogP contribution in [0.1, 0.15) is 24.4 Å². The molecule has 2 nitrogen and oxygen atoms in total. The summed E-state index contributed by atoms with van der Waals surface area (Å²) in [6, 6.07) is 7.12. The second kappa shape index (κ2) is 5.23. The van der Waals surface area contributed by atoms with Crippen molar-refractivity contribution >= 4 is 0 Å². The van der Waals surface area contributed by atoms with Crippen LogP contribution in [0.15, 0.2) is 36.4 Å². The van der Waals surface area contributed by atoms with E-state index in [-0.39, 0.29) is 11.9 Å². The Morgan fingerprint density at radius 2 is 2.12 bits per heavy atom. The van der Waals surface area contributed by atoms with Gasteiger partial charge in [-0.2, -0.15) is 0 Å². The normalized spacial score (nSPS) is 17.9. The first kappa shape index (κ1) is 11.3. The van der Waals surface area contributed by atoms with Gasteiger partial charge in [0.05, 0.1) is 0 Å².